The van der Waals surface area contributed by atoms with E-state index in [2.05, 4.69) is 5.32 Å². The second-order valence-electron chi connectivity index (χ2n) is 5.03. The molecular formula is C17H20N2O4. The number of nitrogens with one attached hydrogen (secondary N) is 1. The third-order valence-electron chi connectivity index (χ3n) is 3.53. The van der Waals surface area contributed by atoms with Crippen LogP contribution < -0.4 is 14.8 Å². The average molecular weight is 316 g/mol. The third-order valence-corrected chi connectivity index (χ3v) is 3.53. The molecule has 0 radical (unpaired) electrons. The second-order valence-corrected chi connectivity index (χ2v) is 5.03. The highest BCUT2D eigenvalue weighted by molar-refractivity contribution is 6.42. The van der Waals surface area contributed by atoms with E-state index >= 15 is 0 Å². The van der Waals surface area contributed by atoms with Gasteiger partial charge in [-0.3, -0.25) is 9.59 Å². The summed E-state index contributed by atoms with van der Waals surface area (Å²) in [6.45, 7) is 0.366. The fourth-order valence-electron chi connectivity index (χ4n) is 2.25. The zero-order chi connectivity index (χ0) is 16.8. The van der Waals surface area contributed by atoms with Gasteiger partial charge in [-0.05, 0) is 36.2 Å². The molecule has 0 fully saturated rings. The maximum atomic E-state index is 12.0. The number of nitrogens with zero attached hydrogens (tertiary/aromatic N) is 1. The van der Waals surface area contributed by atoms with Crippen molar-refractivity contribution in [2.24, 2.45) is 7.05 Å². The number of methoxy groups -OCH3 is 2. The molecule has 2 rings (SSSR count). The molecule has 1 aromatic carbocycles. The van der Waals surface area contributed by atoms with Gasteiger partial charge < -0.3 is 19.4 Å². The van der Waals surface area contributed by atoms with E-state index in [1.54, 1.807) is 44.2 Å². The predicted octanol–water partition coefficient (Wildman–Crippen LogP) is 1.58. The fraction of sp³-hybridized carbons (Fsp3) is 0.294. The Hall–Kier alpha value is -2.76. The molecule has 2 aromatic rings. The number of hydrogen-bond acceptors (Lipinski definition) is 4. The third kappa shape index (κ3) is 3.91. The Morgan fingerprint density at radius 2 is 1.87 bits per heavy atom. The molecule has 122 valence electrons. The Kier molecular flexibility index (Phi) is 5.41. The summed E-state index contributed by atoms with van der Waals surface area (Å²) in [5, 5.41) is 2.64. The summed E-state index contributed by atoms with van der Waals surface area (Å²) >= 11 is 0. The summed E-state index contributed by atoms with van der Waals surface area (Å²) in [7, 11) is 4.87. The van der Waals surface area contributed by atoms with Crippen LogP contribution in [0.2, 0.25) is 0 Å². The molecule has 0 atom stereocenters. The van der Waals surface area contributed by atoms with E-state index in [1.165, 1.54) is 0 Å². The molecule has 0 unspecified atom stereocenters. The predicted molar refractivity (Wildman–Crippen MR) is 86.0 cm³/mol. The molecule has 0 saturated heterocycles. The zero-order valence-corrected chi connectivity index (χ0v) is 13.5. The molecular weight excluding hydrogens is 296 g/mol. The molecule has 0 spiro atoms. The van der Waals surface area contributed by atoms with Gasteiger partial charge in [0.05, 0.1) is 19.9 Å². The van der Waals surface area contributed by atoms with Gasteiger partial charge in [-0.2, -0.15) is 0 Å². The van der Waals surface area contributed by atoms with Crippen molar-refractivity contribution >= 4 is 11.7 Å². The standard InChI is InChI=1S/C17H20N2O4/c1-19-10-4-5-13(19)16(20)17(21)18-9-8-12-6-7-14(22-2)15(11-12)23-3/h4-7,10-11H,8-9H2,1-3H3,(H,18,21). The lowest BCUT2D eigenvalue weighted by Crippen LogP contribution is -2.33. The smallest absolute Gasteiger partial charge is 0.294 e. The SMILES string of the molecule is COc1ccc(CCNC(=O)C(=O)c2cccn2C)cc1OC. The average Bonchev–Trinajstić information content (AvgIpc) is 2.99. The van der Waals surface area contributed by atoms with Crippen LogP contribution in [0.15, 0.2) is 36.5 Å². The molecule has 0 aliphatic carbocycles. The normalized spacial score (nSPS) is 10.2. The van der Waals surface area contributed by atoms with Crippen LogP contribution in [0.1, 0.15) is 16.1 Å². The van der Waals surface area contributed by atoms with E-state index < -0.39 is 11.7 Å². The first-order chi connectivity index (χ1) is 11.1. The first-order valence-electron chi connectivity index (χ1n) is 7.21. The number of ether oxygens (including phenoxy) is 2. The van der Waals surface area contributed by atoms with Gasteiger partial charge >= 0.3 is 0 Å². The van der Waals surface area contributed by atoms with E-state index in [0.29, 0.717) is 30.2 Å². The van der Waals surface area contributed by atoms with Crippen LogP contribution in [0.5, 0.6) is 11.5 Å². The zero-order valence-electron chi connectivity index (χ0n) is 13.5. The van der Waals surface area contributed by atoms with Gasteiger partial charge in [0.1, 0.15) is 0 Å². The van der Waals surface area contributed by atoms with Crippen molar-refractivity contribution in [2.45, 2.75) is 6.42 Å². The number of aryl methyl sites for hydroxylation is 1. The molecule has 0 aliphatic rings. The molecule has 23 heavy (non-hydrogen) atoms. The van der Waals surface area contributed by atoms with Gasteiger partial charge in [0.15, 0.2) is 11.5 Å². The molecule has 0 saturated carbocycles. The topological polar surface area (TPSA) is 69.6 Å². The summed E-state index contributed by atoms with van der Waals surface area (Å²) in [6, 6.07) is 8.90. The summed E-state index contributed by atoms with van der Waals surface area (Å²) in [6.07, 6.45) is 2.32. The van der Waals surface area contributed by atoms with Gasteiger partial charge in [-0.25, -0.2) is 0 Å². The van der Waals surface area contributed by atoms with Crippen molar-refractivity contribution in [1.82, 2.24) is 9.88 Å². The summed E-state index contributed by atoms with van der Waals surface area (Å²) in [5.74, 6) is 0.146. The van der Waals surface area contributed by atoms with Crippen LogP contribution in [0.4, 0.5) is 0 Å². The van der Waals surface area contributed by atoms with E-state index in [1.807, 2.05) is 18.2 Å². The van der Waals surface area contributed by atoms with Crippen LogP contribution in [0.3, 0.4) is 0 Å². The van der Waals surface area contributed by atoms with E-state index in [9.17, 15) is 9.59 Å². The van der Waals surface area contributed by atoms with Gasteiger partial charge in [-0.1, -0.05) is 6.07 Å². The Labute approximate surface area is 135 Å². The number of aromatic nitrogens is 1. The number of carbonyl (C=O) groups is 2. The van der Waals surface area contributed by atoms with Crippen molar-refractivity contribution in [3.8, 4) is 11.5 Å². The minimum Gasteiger partial charge on any atom is -0.493 e. The number of carbonyl (C=O) groups excluding carboxylic acids is 2. The largest absolute Gasteiger partial charge is 0.493 e. The quantitative estimate of drug-likeness (QED) is 0.622. The van der Waals surface area contributed by atoms with Crippen LogP contribution in [-0.4, -0.2) is 37.0 Å². The minimum atomic E-state index is -0.604. The van der Waals surface area contributed by atoms with E-state index in [0.717, 1.165) is 5.56 Å². The molecule has 6 heteroatoms. The highest BCUT2D eigenvalue weighted by Gasteiger charge is 2.17. The number of benzene rings is 1. The maximum Gasteiger partial charge on any atom is 0.294 e. The molecule has 0 bridgehead atoms. The van der Waals surface area contributed by atoms with E-state index in [4.69, 9.17) is 9.47 Å². The van der Waals surface area contributed by atoms with Crippen molar-refractivity contribution in [2.75, 3.05) is 20.8 Å². The number of Topliss-reactive ketones (excluding diaryl/α,β-unsaturated/α-hetero) is 1. The Morgan fingerprint density at radius 3 is 2.48 bits per heavy atom. The fourth-order valence-corrected chi connectivity index (χ4v) is 2.25. The van der Waals surface area contributed by atoms with Crippen molar-refractivity contribution in [1.29, 1.82) is 0 Å². The van der Waals surface area contributed by atoms with E-state index in [-0.39, 0.29) is 0 Å². The molecule has 1 amide bonds. The lowest BCUT2D eigenvalue weighted by atomic mass is 10.1. The highest BCUT2D eigenvalue weighted by atomic mass is 16.5. The number of hydrogen-bond donors (Lipinski definition) is 1. The lowest BCUT2D eigenvalue weighted by Gasteiger charge is -2.10. The van der Waals surface area contributed by atoms with Gasteiger partial charge in [0.2, 0.25) is 0 Å². The maximum absolute atomic E-state index is 12.0. The van der Waals surface area contributed by atoms with Crippen LogP contribution in [0, 0.1) is 0 Å². The molecule has 6 nitrogen and oxygen atoms in total. The molecule has 0 aliphatic heterocycles. The van der Waals surface area contributed by atoms with Gasteiger partial charge in [0, 0.05) is 19.8 Å². The van der Waals surface area contributed by atoms with Crippen molar-refractivity contribution in [3.05, 3.63) is 47.8 Å². The number of rotatable bonds is 7. The summed E-state index contributed by atoms with van der Waals surface area (Å²) in [5.41, 5.74) is 1.35. The van der Waals surface area contributed by atoms with Gasteiger partial charge in [-0.15, -0.1) is 0 Å². The molecule has 1 heterocycles. The van der Waals surface area contributed by atoms with Crippen LogP contribution >= 0.6 is 0 Å². The molecule has 1 aromatic heterocycles. The second kappa shape index (κ2) is 7.49. The molecule has 1 N–H and O–H groups in total. The Balaban J connectivity index is 1.91. The number of ketones is 1. The first-order valence-corrected chi connectivity index (χ1v) is 7.21. The summed E-state index contributed by atoms with van der Waals surface area (Å²) in [4.78, 5) is 23.9. The highest BCUT2D eigenvalue weighted by Crippen LogP contribution is 2.27. The monoisotopic (exact) mass is 316 g/mol. The Morgan fingerprint density at radius 1 is 1.13 bits per heavy atom. The number of amides is 1. The Bertz CT molecular complexity index is 706. The first kappa shape index (κ1) is 16.6. The minimum absolute atomic E-state index is 0.366. The lowest BCUT2D eigenvalue weighted by molar-refractivity contribution is -0.117. The van der Waals surface area contributed by atoms with Gasteiger partial charge in [0.25, 0.3) is 11.7 Å². The van der Waals surface area contributed by atoms with Crippen molar-refractivity contribution < 1.29 is 19.1 Å². The van der Waals surface area contributed by atoms with Crippen molar-refractivity contribution in [3.63, 3.8) is 0 Å². The summed E-state index contributed by atoms with van der Waals surface area (Å²) < 4.78 is 12.0. The van der Waals surface area contributed by atoms with Crippen LogP contribution in [-0.2, 0) is 18.3 Å². The van der Waals surface area contributed by atoms with Crippen LogP contribution in [0.25, 0.3) is 0 Å².